The molecule has 2 aromatic rings. The largest absolute Gasteiger partial charge is 0.357 e. The molecule has 0 spiro atoms. The fourth-order valence-corrected chi connectivity index (χ4v) is 3.73. The van der Waals surface area contributed by atoms with Crippen molar-refractivity contribution >= 4 is 18.2 Å². The van der Waals surface area contributed by atoms with E-state index in [0.717, 1.165) is 43.7 Å². The number of halogens is 1. The van der Waals surface area contributed by atoms with Crippen molar-refractivity contribution in [3.63, 3.8) is 0 Å². The molecule has 25 heavy (non-hydrogen) atoms. The van der Waals surface area contributed by atoms with Gasteiger partial charge >= 0.3 is 0 Å². The molecular weight excluding hydrogens is 336 g/mol. The van der Waals surface area contributed by atoms with Crippen LogP contribution in [-0.2, 0) is 0 Å². The summed E-state index contributed by atoms with van der Waals surface area (Å²) in [6.07, 6.45) is 8.05. The van der Waals surface area contributed by atoms with E-state index in [0.29, 0.717) is 0 Å². The first-order chi connectivity index (χ1) is 11.9. The predicted octanol–water partition coefficient (Wildman–Crippen LogP) is 1.81. The minimum atomic E-state index is 0. The van der Waals surface area contributed by atoms with E-state index in [2.05, 4.69) is 32.2 Å². The Labute approximate surface area is 155 Å². The first-order valence-electron chi connectivity index (χ1n) is 9.02. The van der Waals surface area contributed by atoms with Crippen molar-refractivity contribution in [1.82, 2.24) is 24.8 Å². The average Bonchev–Trinajstić information content (AvgIpc) is 3.18. The van der Waals surface area contributed by atoms with Gasteiger partial charge < -0.3 is 15.1 Å². The number of pyridine rings is 1. The van der Waals surface area contributed by atoms with E-state index in [1.165, 1.54) is 32.5 Å². The van der Waals surface area contributed by atoms with E-state index in [9.17, 15) is 0 Å². The van der Waals surface area contributed by atoms with Crippen molar-refractivity contribution in [3.05, 3.63) is 36.9 Å². The monoisotopic (exact) mass is 362 g/mol. The third kappa shape index (κ3) is 4.51. The normalized spacial score (nSPS) is 19.6. The van der Waals surface area contributed by atoms with Crippen LogP contribution in [0.1, 0.15) is 12.8 Å². The number of nitrogens with one attached hydrogen (secondary N) is 1. The van der Waals surface area contributed by atoms with Crippen LogP contribution < -0.4 is 10.2 Å². The number of hydrogen-bond acceptors (Lipinski definition) is 5. The number of imidazole rings is 1. The summed E-state index contributed by atoms with van der Waals surface area (Å²) < 4.78 is 1.96. The maximum absolute atomic E-state index is 4.81. The van der Waals surface area contributed by atoms with Gasteiger partial charge in [0.15, 0.2) is 0 Å². The molecular formula is C18H27ClN6. The summed E-state index contributed by atoms with van der Waals surface area (Å²) in [7, 11) is 0. The SMILES string of the molecule is Cl.c1cc(N2CCC(CN3CCNCC3)CC2)nc(-n2ccnc2)c1. The van der Waals surface area contributed by atoms with Gasteiger partial charge in [0, 0.05) is 58.2 Å². The second kappa shape index (κ2) is 8.65. The molecule has 4 rings (SSSR count). The number of anilines is 1. The van der Waals surface area contributed by atoms with Gasteiger partial charge in [-0.15, -0.1) is 12.4 Å². The van der Waals surface area contributed by atoms with Gasteiger partial charge in [-0.2, -0.15) is 0 Å². The highest BCUT2D eigenvalue weighted by molar-refractivity contribution is 5.85. The van der Waals surface area contributed by atoms with Gasteiger partial charge in [0.05, 0.1) is 0 Å². The molecule has 0 saturated carbocycles. The smallest absolute Gasteiger partial charge is 0.140 e. The molecule has 0 unspecified atom stereocenters. The molecule has 7 heteroatoms. The van der Waals surface area contributed by atoms with Crippen LogP contribution in [0.5, 0.6) is 0 Å². The van der Waals surface area contributed by atoms with Crippen LogP contribution in [0, 0.1) is 5.92 Å². The minimum Gasteiger partial charge on any atom is -0.357 e. The molecule has 0 atom stereocenters. The van der Waals surface area contributed by atoms with Crippen LogP contribution in [0.3, 0.4) is 0 Å². The van der Waals surface area contributed by atoms with Gasteiger partial charge in [-0.05, 0) is 30.9 Å². The molecule has 0 aliphatic carbocycles. The van der Waals surface area contributed by atoms with Crippen molar-refractivity contribution < 1.29 is 0 Å². The Morgan fingerprint density at radius 1 is 1.04 bits per heavy atom. The molecule has 2 saturated heterocycles. The van der Waals surface area contributed by atoms with Crippen LogP contribution in [0.2, 0.25) is 0 Å². The van der Waals surface area contributed by atoms with E-state index in [-0.39, 0.29) is 12.4 Å². The van der Waals surface area contributed by atoms with Gasteiger partial charge in [-0.3, -0.25) is 4.57 Å². The molecule has 1 N–H and O–H groups in total. The Morgan fingerprint density at radius 2 is 1.80 bits per heavy atom. The highest BCUT2D eigenvalue weighted by Gasteiger charge is 2.23. The van der Waals surface area contributed by atoms with E-state index in [4.69, 9.17) is 4.98 Å². The van der Waals surface area contributed by atoms with Gasteiger partial charge in [-0.25, -0.2) is 9.97 Å². The van der Waals surface area contributed by atoms with Crippen LogP contribution in [0.4, 0.5) is 5.82 Å². The minimum absolute atomic E-state index is 0. The van der Waals surface area contributed by atoms with E-state index in [1.807, 2.05) is 16.8 Å². The molecule has 6 nitrogen and oxygen atoms in total. The Balaban J connectivity index is 0.00000182. The molecule has 0 bridgehead atoms. The zero-order valence-electron chi connectivity index (χ0n) is 14.5. The van der Waals surface area contributed by atoms with Crippen molar-refractivity contribution in [2.45, 2.75) is 12.8 Å². The lowest BCUT2D eigenvalue weighted by Gasteiger charge is -2.36. The summed E-state index contributed by atoms with van der Waals surface area (Å²) >= 11 is 0. The van der Waals surface area contributed by atoms with Gasteiger partial charge in [-0.1, -0.05) is 6.07 Å². The van der Waals surface area contributed by atoms with Crippen molar-refractivity contribution in [3.8, 4) is 5.82 Å². The Hall–Kier alpha value is -1.63. The third-order valence-corrected chi connectivity index (χ3v) is 5.15. The standard InChI is InChI=1S/C18H26N6.ClH/c1-2-17(21-18(3-1)24-13-8-20-15-24)23-9-4-16(5-10-23)14-22-11-6-19-7-12-22;/h1-3,8,13,15-16,19H,4-7,9-12,14H2;1H. The summed E-state index contributed by atoms with van der Waals surface area (Å²) in [6.45, 7) is 8.17. The topological polar surface area (TPSA) is 49.2 Å². The maximum atomic E-state index is 4.81. The molecule has 2 aliphatic heterocycles. The van der Waals surface area contributed by atoms with Crippen LogP contribution >= 0.6 is 12.4 Å². The fraction of sp³-hybridized carbons (Fsp3) is 0.556. The molecule has 2 aromatic heterocycles. The summed E-state index contributed by atoms with van der Waals surface area (Å²) in [4.78, 5) is 14.0. The van der Waals surface area contributed by atoms with Crippen molar-refractivity contribution in [2.24, 2.45) is 5.92 Å². The highest BCUT2D eigenvalue weighted by atomic mass is 35.5. The molecule has 136 valence electrons. The van der Waals surface area contributed by atoms with Crippen LogP contribution in [0.25, 0.3) is 5.82 Å². The lowest BCUT2D eigenvalue weighted by Crippen LogP contribution is -2.47. The van der Waals surface area contributed by atoms with Crippen LogP contribution in [0.15, 0.2) is 36.9 Å². The Bertz CT molecular complexity index is 633. The first kappa shape index (κ1) is 18.2. The number of nitrogens with zero attached hydrogens (tertiary/aromatic N) is 5. The van der Waals surface area contributed by atoms with Gasteiger partial charge in [0.25, 0.3) is 0 Å². The zero-order valence-corrected chi connectivity index (χ0v) is 15.4. The first-order valence-corrected chi connectivity index (χ1v) is 9.02. The Morgan fingerprint density at radius 3 is 2.52 bits per heavy atom. The highest BCUT2D eigenvalue weighted by Crippen LogP contribution is 2.23. The van der Waals surface area contributed by atoms with Gasteiger partial charge in [0.2, 0.25) is 0 Å². The number of piperidine rings is 1. The Kier molecular flexibility index (Phi) is 6.29. The third-order valence-electron chi connectivity index (χ3n) is 5.15. The molecule has 2 fully saturated rings. The fourth-order valence-electron chi connectivity index (χ4n) is 3.73. The van der Waals surface area contributed by atoms with Crippen molar-refractivity contribution in [1.29, 1.82) is 0 Å². The lowest BCUT2D eigenvalue weighted by atomic mass is 9.96. The molecule has 0 radical (unpaired) electrons. The lowest BCUT2D eigenvalue weighted by molar-refractivity contribution is 0.190. The van der Waals surface area contributed by atoms with Crippen molar-refractivity contribution in [2.75, 3.05) is 50.7 Å². The van der Waals surface area contributed by atoms with Crippen LogP contribution in [-0.4, -0.2) is 65.2 Å². The van der Waals surface area contributed by atoms with E-state index in [1.54, 1.807) is 12.5 Å². The molecule has 0 aromatic carbocycles. The summed E-state index contributed by atoms with van der Waals surface area (Å²) in [5.41, 5.74) is 0. The van der Waals surface area contributed by atoms with Gasteiger partial charge in [0.1, 0.15) is 18.0 Å². The summed E-state index contributed by atoms with van der Waals surface area (Å²) in [5, 5.41) is 3.43. The molecule has 2 aliphatic rings. The number of rotatable bonds is 4. The summed E-state index contributed by atoms with van der Waals surface area (Å²) in [5.74, 6) is 2.85. The summed E-state index contributed by atoms with van der Waals surface area (Å²) in [6, 6.07) is 6.24. The maximum Gasteiger partial charge on any atom is 0.140 e. The number of piperazine rings is 1. The quantitative estimate of drug-likeness (QED) is 0.899. The van der Waals surface area contributed by atoms with E-state index < -0.39 is 0 Å². The number of aromatic nitrogens is 3. The number of hydrogen-bond donors (Lipinski definition) is 1. The molecule has 0 amide bonds. The van der Waals surface area contributed by atoms with E-state index >= 15 is 0 Å². The molecule has 4 heterocycles. The second-order valence-corrected chi connectivity index (χ2v) is 6.80. The predicted molar refractivity (Wildman–Crippen MR) is 103 cm³/mol. The average molecular weight is 363 g/mol. The zero-order chi connectivity index (χ0) is 16.2. The second-order valence-electron chi connectivity index (χ2n) is 6.80.